The van der Waals surface area contributed by atoms with Crippen LogP contribution in [0.3, 0.4) is 0 Å². The predicted molar refractivity (Wildman–Crippen MR) is 83.8 cm³/mol. The van der Waals surface area contributed by atoms with Crippen LogP contribution >= 0.6 is 0 Å². The van der Waals surface area contributed by atoms with Crippen LogP contribution in [0.25, 0.3) is 0 Å². The summed E-state index contributed by atoms with van der Waals surface area (Å²) in [7, 11) is -1.30. The van der Waals surface area contributed by atoms with Gasteiger partial charge in [0.25, 0.3) is 0 Å². The summed E-state index contributed by atoms with van der Waals surface area (Å²) in [5.41, 5.74) is 0. The van der Waals surface area contributed by atoms with Gasteiger partial charge in [-0.2, -0.15) is 0 Å². The van der Waals surface area contributed by atoms with Gasteiger partial charge in [-0.1, -0.05) is 0 Å². The summed E-state index contributed by atoms with van der Waals surface area (Å²) in [6.07, 6.45) is 4.75. The summed E-state index contributed by atoms with van der Waals surface area (Å²) in [6.45, 7) is 3.29. The topological polar surface area (TPSA) is 78.7 Å². The van der Waals surface area contributed by atoms with E-state index in [2.05, 4.69) is 20.2 Å². The maximum Gasteiger partial charge on any atom is 0.214 e. The average molecular weight is 313 g/mol. The Hall–Kier alpha value is -1.54. The van der Waals surface area contributed by atoms with E-state index in [1.807, 2.05) is 24.5 Å². The Morgan fingerprint density at radius 2 is 1.86 bits per heavy atom. The third-order valence-corrected chi connectivity index (χ3v) is 5.37. The number of hydrogen-bond donors (Lipinski definition) is 2. The SMILES string of the molecule is CN=C(NCCN1CCCS1(=O)=O)NCCn1cccc1. The minimum Gasteiger partial charge on any atom is -0.355 e. The molecule has 0 aromatic carbocycles. The van der Waals surface area contributed by atoms with E-state index in [9.17, 15) is 8.42 Å². The molecule has 1 aromatic rings. The summed E-state index contributed by atoms with van der Waals surface area (Å²) in [4.78, 5) is 4.12. The zero-order valence-electron chi connectivity index (χ0n) is 12.3. The second kappa shape index (κ2) is 7.46. The van der Waals surface area contributed by atoms with Crippen LogP contribution in [0.4, 0.5) is 0 Å². The lowest BCUT2D eigenvalue weighted by Gasteiger charge is -2.16. The average Bonchev–Trinajstić information content (AvgIpc) is 3.07. The van der Waals surface area contributed by atoms with Crippen molar-refractivity contribution in [1.29, 1.82) is 0 Å². The smallest absolute Gasteiger partial charge is 0.214 e. The van der Waals surface area contributed by atoms with Gasteiger partial charge in [-0.05, 0) is 18.6 Å². The summed E-state index contributed by atoms with van der Waals surface area (Å²) in [6, 6.07) is 3.98. The molecule has 0 saturated carbocycles. The van der Waals surface area contributed by atoms with Gasteiger partial charge in [0, 0.05) is 52.2 Å². The third-order valence-electron chi connectivity index (χ3n) is 3.41. The molecular weight excluding hydrogens is 290 g/mol. The summed E-state index contributed by atoms with van der Waals surface area (Å²) in [5.74, 6) is 0.968. The Morgan fingerprint density at radius 3 is 2.43 bits per heavy atom. The number of aromatic nitrogens is 1. The Balaban J connectivity index is 1.66. The molecule has 8 heteroatoms. The lowest BCUT2D eigenvalue weighted by molar-refractivity contribution is 0.445. The van der Waals surface area contributed by atoms with Crippen LogP contribution in [0.1, 0.15) is 6.42 Å². The van der Waals surface area contributed by atoms with Crippen molar-refractivity contribution < 1.29 is 8.42 Å². The number of sulfonamides is 1. The standard InChI is InChI=1S/C13H23N5O2S/c1-14-13(15-5-10-17-7-2-3-8-17)16-6-11-18-9-4-12-21(18,19)20/h2-3,7-8H,4-6,9-12H2,1H3,(H2,14,15,16). The second-order valence-corrected chi connectivity index (χ2v) is 7.00. The van der Waals surface area contributed by atoms with Crippen molar-refractivity contribution in [3.05, 3.63) is 24.5 Å². The molecule has 118 valence electrons. The van der Waals surface area contributed by atoms with Crippen LogP contribution in [0.5, 0.6) is 0 Å². The van der Waals surface area contributed by atoms with Crippen LogP contribution in [0.2, 0.25) is 0 Å². The Morgan fingerprint density at radius 1 is 1.19 bits per heavy atom. The molecule has 1 saturated heterocycles. The molecule has 1 aliphatic rings. The Kier molecular flexibility index (Phi) is 5.63. The predicted octanol–water partition coefficient (Wildman–Crippen LogP) is -0.311. The van der Waals surface area contributed by atoms with Gasteiger partial charge in [-0.15, -0.1) is 0 Å². The molecule has 0 amide bonds. The maximum absolute atomic E-state index is 11.7. The van der Waals surface area contributed by atoms with Gasteiger partial charge in [0.15, 0.2) is 5.96 Å². The van der Waals surface area contributed by atoms with Crippen molar-refractivity contribution in [2.24, 2.45) is 4.99 Å². The minimum atomic E-state index is -3.01. The number of aliphatic imine (C=N–C) groups is 1. The normalized spacial score (nSPS) is 18.8. The highest BCUT2D eigenvalue weighted by atomic mass is 32.2. The quantitative estimate of drug-likeness (QED) is 0.558. The number of rotatable bonds is 6. The van der Waals surface area contributed by atoms with Crippen LogP contribution in [-0.4, -0.2) is 62.2 Å². The van der Waals surface area contributed by atoms with Crippen molar-refractivity contribution in [2.75, 3.05) is 39.0 Å². The van der Waals surface area contributed by atoms with Crippen molar-refractivity contribution in [3.8, 4) is 0 Å². The monoisotopic (exact) mass is 313 g/mol. The molecule has 0 spiro atoms. The molecule has 0 unspecified atom stereocenters. The highest BCUT2D eigenvalue weighted by Gasteiger charge is 2.27. The van der Waals surface area contributed by atoms with Gasteiger partial charge in [-0.3, -0.25) is 4.99 Å². The fraction of sp³-hybridized carbons (Fsp3) is 0.615. The molecule has 0 aliphatic carbocycles. The molecule has 1 aliphatic heterocycles. The molecule has 1 aromatic heterocycles. The first-order chi connectivity index (χ1) is 10.1. The zero-order valence-corrected chi connectivity index (χ0v) is 13.1. The number of nitrogens with one attached hydrogen (secondary N) is 2. The molecular formula is C13H23N5O2S. The number of nitrogens with zero attached hydrogens (tertiary/aromatic N) is 3. The largest absolute Gasteiger partial charge is 0.355 e. The van der Waals surface area contributed by atoms with E-state index in [0.29, 0.717) is 25.6 Å². The first kappa shape index (κ1) is 15.8. The van der Waals surface area contributed by atoms with Crippen molar-refractivity contribution in [2.45, 2.75) is 13.0 Å². The third kappa shape index (κ3) is 4.75. The van der Waals surface area contributed by atoms with E-state index >= 15 is 0 Å². The maximum atomic E-state index is 11.7. The van der Waals surface area contributed by atoms with Crippen LogP contribution in [-0.2, 0) is 16.6 Å². The molecule has 0 atom stereocenters. The fourth-order valence-electron chi connectivity index (χ4n) is 2.28. The first-order valence-corrected chi connectivity index (χ1v) is 8.76. The summed E-state index contributed by atoms with van der Waals surface area (Å²) in [5, 5.41) is 6.34. The lowest BCUT2D eigenvalue weighted by Crippen LogP contribution is -2.42. The van der Waals surface area contributed by atoms with Gasteiger partial charge in [0.05, 0.1) is 5.75 Å². The van der Waals surface area contributed by atoms with Gasteiger partial charge < -0.3 is 15.2 Å². The van der Waals surface area contributed by atoms with Crippen molar-refractivity contribution in [3.63, 3.8) is 0 Å². The van der Waals surface area contributed by atoms with Crippen LogP contribution < -0.4 is 10.6 Å². The summed E-state index contributed by atoms with van der Waals surface area (Å²) < 4.78 is 26.9. The van der Waals surface area contributed by atoms with E-state index in [0.717, 1.165) is 19.5 Å². The molecule has 1 fully saturated rings. The number of hydrogen-bond acceptors (Lipinski definition) is 3. The fourth-order valence-corrected chi connectivity index (χ4v) is 3.81. The first-order valence-electron chi connectivity index (χ1n) is 7.15. The van der Waals surface area contributed by atoms with Crippen molar-refractivity contribution in [1.82, 2.24) is 19.5 Å². The van der Waals surface area contributed by atoms with Gasteiger partial charge in [0.2, 0.25) is 10.0 Å². The minimum absolute atomic E-state index is 0.275. The molecule has 2 rings (SSSR count). The Labute approximate surface area is 126 Å². The van der Waals surface area contributed by atoms with Crippen molar-refractivity contribution >= 4 is 16.0 Å². The lowest BCUT2D eigenvalue weighted by atomic mass is 10.5. The van der Waals surface area contributed by atoms with Crippen LogP contribution in [0.15, 0.2) is 29.5 Å². The zero-order chi connectivity index (χ0) is 15.1. The van der Waals surface area contributed by atoms with Gasteiger partial charge in [-0.25, -0.2) is 12.7 Å². The highest BCUT2D eigenvalue weighted by Crippen LogP contribution is 2.11. The van der Waals surface area contributed by atoms with Gasteiger partial charge in [0.1, 0.15) is 0 Å². The van der Waals surface area contributed by atoms with E-state index in [-0.39, 0.29) is 5.75 Å². The Bertz CT molecular complexity index is 553. The van der Waals surface area contributed by atoms with E-state index < -0.39 is 10.0 Å². The highest BCUT2D eigenvalue weighted by molar-refractivity contribution is 7.89. The molecule has 7 nitrogen and oxygen atoms in total. The van der Waals surface area contributed by atoms with E-state index in [1.165, 1.54) is 4.31 Å². The molecule has 21 heavy (non-hydrogen) atoms. The van der Waals surface area contributed by atoms with E-state index in [1.54, 1.807) is 7.05 Å². The van der Waals surface area contributed by atoms with Gasteiger partial charge >= 0.3 is 0 Å². The molecule has 2 N–H and O–H groups in total. The molecule has 0 bridgehead atoms. The molecule has 0 radical (unpaired) electrons. The van der Waals surface area contributed by atoms with Crippen LogP contribution in [0, 0.1) is 0 Å². The molecule has 2 heterocycles. The van der Waals surface area contributed by atoms with E-state index in [4.69, 9.17) is 0 Å². The number of guanidine groups is 1. The second-order valence-electron chi connectivity index (χ2n) is 4.92. The summed E-state index contributed by atoms with van der Waals surface area (Å²) >= 11 is 0.